The minimum absolute atomic E-state index is 0.142. The lowest BCUT2D eigenvalue weighted by Gasteiger charge is -2.27. The summed E-state index contributed by atoms with van der Waals surface area (Å²) in [6.07, 6.45) is 4.99. The van der Waals surface area contributed by atoms with Crippen LogP contribution >= 0.6 is 0 Å². The SMILES string of the molecule is O=C(CN1C(=O)C2C3C=CC(C3)C2C1=O)NN(Cc1ccccc1)c1ccccc1. The van der Waals surface area contributed by atoms with Crippen molar-refractivity contribution in [2.24, 2.45) is 23.7 Å². The fourth-order valence-corrected chi connectivity index (χ4v) is 5.02. The molecule has 2 aliphatic carbocycles. The molecule has 4 unspecified atom stereocenters. The molecule has 2 aromatic rings. The van der Waals surface area contributed by atoms with E-state index in [4.69, 9.17) is 0 Å². The van der Waals surface area contributed by atoms with E-state index in [0.29, 0.717) is 6.54 Å². The lowest BCUT2D eigenvalue weighted by atomic mass is 9.85. The number of rotatable bonds is 6. The van der Waals surface area contributed by atoms with E-state index < -0.39 is 0 Å². The van der Waals surface area contributed by atoms with Gasteiger partial charge in [0.25, 0.3) is 5.91 Å². The number of amides is 3. The van der Waals surface area contributed by atoms with Gasteiger partial charge in [0.05, 0.1) is 24.1 Å². The molecule has 1 heterocycles. The Kier molecular flexibility index (Phi) is 4.62. The van der Waals surface area contributed by atoms with E-state index in [-0.39, 0.29) is 47.9 Å². The highest BCUT2D eigenvalue weighted by Crippen LogP contribution is 2.52. The average molecular weight is 401 g/mol. The molecule has 1 saturated heterocycles. The Morgan fingerprint density at radius 2 is 1.47 bits per heavy atom. The summed E-state index contributed by atoms with van der Waals surface area (Å²) >= 11 is 0. The predicted octanol–water partition coefficient (Wildman–Crippen LogP) is 2.53. The molecule has 0 spiro atoms. The van der Waals surface area contributed by atoms with Crippen LogP contribution in [0, 0.1) is 23.7 Å². The number of allylic oxidation sites excluding steroid dienone is 2. The Hall–Kier alpha value is -3.41. The summed E-state index contributed by atoms with van der Waals surface area (Å²) in [7, 11) is 0. The number of imide groups is 1. The number of para-hydroxylation sites is 1. The Balaban J connectivity index is 1.30. The summed E-state index contributed by atoms with van der Waals surface area (Å²) in [6, 6.07) is 19.3. The Bertz CT molecular complexity index is 975. The standard InChI is InChI=1S/C24H23N3O3/c28-20(15-26-23(29)21-17-11-12-18(13-17)22(21)24(26)30)25-27(19-9-5-2-6-10-19)14-16-7-3-1-4-8-16/h1-12,17-18,21-22H,13-15H2,(H,25,28). The fraction of sp³-hybridized carbons (Fsp3) is 0.292. The zero-order chi connectivity index (χ0) is 20.7. The molecular weight excluding hydrogens is 378 g/mol. The molecule has 6 heteroatoms. The average Bonchev–Trinajstić information content (AvgIpc) is 3.45. The zero-order valence-electron chi connectivity index (χ0n) is 16.5. The van der Waals surface area contributed by atoms with Gasteiger partial charge in [-0.3, -0.25) is 29.7 Å². The van der Waals surface area contributed by atoms with Crippen LogP contribution in [0.4, 0.5) is 5.69 Å². The largest absolute Gasteiger partial charge is 0.281 e. The number of hydrogen-bond donors (Lipinski definition) is 1. The van der Waals surface area contributed by atoms with Gasteiger partial charge in [-0.15, -0.1) is 0 Å². The number of hydrazine groups is 1. The quantitative estimate of drug-likeness (QED) is 0.459. The van der Waals surface area contributed by atoms with Crippen molar-refractivity contribution >= 4 is 23.4 Å². The summed E-state index contributed by atoms with van der Waals surface area (Å²) in [5, 5.41) is 1.74. The van der Waals surface area contributed by atoms with Gasteiger partial charge in [0.1, 0.15) is 6.54 Å². The topological polar surface area (TPSA) is 69.7 Å². The molecule has 0 aromatic heterocycles. The second-order valence-electron chi connectivity index (χ2n) is 8.20. The van der Waals surface area contributed by atoms with Gasteiger partial charge in [-0.25, -0.2) is 0 Å². The van der Waals surface area contributed by atoms with E-state index in [9.17, 15) is 14.4 Å². The molecule has 2 fully saturated rings. The number of hydrogen-bond acceptors (Lipinski definition) is 4. The van der Waals surface area contributed by atoms with Crippen molar-refractivity contribution in [2.45, 2.75) is 13.0 Å². The summed E-state index contributed by atoms with van der Waals surface area (Å²) in [6.45, 7) is 0.222. The lowest BCUT2D eigenvalue weighted by Crippen LogP contribution is -2.48. The Morgan fingerprint density at radius 1 is 0.900 bits per heavy atom. The van der Waals surface area contributed by atoms with Crippen molar-refractivity contribution in [1.82, 2.24) is 10.3 Å². The zero-order valence-corrected chi connectivity index (χ0v) is 16.5. The van der Waals surface area contributed by atoms with Crippen LogP contribution in [-0.2, 0) is 20.9 Å². The maximum absolute atomic E-state index is 12.8. The van der Waals surface area contributed by atoms with Gasteiger partial charge >= 0.3 is 0 Å². The second-order valence-corrected chi connectivity index (χ2v) is 8.20. The molecule has 4 atom stereocenters. The minimum Gasteiger partial charge on any atom is -0.281 e. The first-order valence-electron chi connectivity index (χ1n) is 10.3. The van der Waals surface area contributed by atoms with E-state index in [1.807, 2.05) is 60.7 Å². The maximum Gasteiger partial charge on any atom is 0.258 e. The van der Waals surface area contributed by atoms with Crippen molar-refractivity contribution in [3.63, 3.8) is 0 Å². The molecule has 30 heavy (non-hydrogen) atoms. The summed E-state index contributed by atoms with van der Waals surface area (Å²) in [4.78, 5) is 39.7. The van der Waals surface area contributed by atoms with Gasteiger partial charge in [0, 0.05) is 0 Å². The van der Waals surface area contributed by atoms with Crippen molar-refractivity contribution < 1.29 is 14.4 Å². The molecule has 1 aliphatic heterocycles. The first kappa shape index (κ1) is 18.6. The number of likely N-dealkylation sites (tertiary alicyclic amines) is 1. The van der Waals surface area contributed by atoms with Crippen LogP contribution in [0.15, 0.2) is 72.8 Å². The molecule has 6 nitrogen and oxygen atoms in total. The normalized spacial score (nSPS) is 26.2. The van der Waals surface area contributed by atoms with Crippen molar-refractivity contribution in [3.05, 3.63) is 78.4 Å². The first-order chi connectivity index (χ1) is 14.6. The predicted molar refractivity (Wildman–Crippen MR) is 112 cm³/mol. The van der Waals surface area contributed by atoms with Crippen LogP contribution in [0.25, 0.3) is 0 Å². The molecule has 3 amide bonds. The molecule has 3 aliphatic rings. The third kappa shape index (κ3) is 3.18. The van der Waals surface area contributed by atoms with E-state index >= 15 is 0 Å². The van der Waals surface area contributed by atoms with Crippen LogP contribution in [-0.4, -0.2) is 29.2 Å². The van der Waals surface area contributed by atoms with Crippen molar-refractivity contribution in [3.8, 4) is 0 Å². The molecule has 1 N–H and O–H groups in total. The van der Waals surface area contributed by atoms with Gasteiger partial charge in [0.15, 0.2) is 0 Å². The first-order valence-corrected chi connectivity index (χ1v) is 10.3. The monoisotopic (exact) mass is 401 g/mol. The lowest BCUT2D eigenvalue weighted by molar-refractivity contribution is -0.144. The van der Waals surface area contributed by atoms with Crippen LogP contribution in [0.5, 0.6) is 0 Å². The van der Waals surface area contributed by atoms with Crippen LogP contribution < -0.4 is 10.4 Å². The molecule has 2 aromatic carbocycles. The van der Waals surface area contributed by atoms with E-state index in [1.54, 1.807) is 5.01 Å². The molecule has 1 saturated carbocycles. The Labute approximate surface area is 175 Å². The van der Waals surface area contributed by atoms with E-state index in [1.165, 1.54) is 0 Å². The van der Waals surface area contributed by atoms with Crippen LogP contribution in [0.3, 0.4) is 0 Å². The molecular formula is C24H23N3O3. The van der Waals surface area contributed by atoms with Crippen LogP contribution in [0.2, 0.25) is 0 Å². The number of carbonyl (C=O) groups excluding carboxylic acids is 3. The van der Waals surface area contributed by atoms with E-state index in [2.05, 4.69) is 17.6 Å². The van der Waals surface area contributed by atoms with Gasteiger partial charge in [-0.05, 0) is 36.0 Å². The van der Waals surface area contributed by atoms with Gasteiger partial charge < -0.3 is 0 Å². The smallest absolute Gasteiger partial charge is 0.258 e. The molecule has 152 valence electrons. The third-order valence-corrected chi connectivity index (χ3v) is 6.37. The number of nitrogens with zero attached hydrogens (tertiary/aromatic N) is 2. The number of carbonyl (C=O) groups is 3. The van der Waals surface area contributed by atoms with Gasteiger partial charge in [-0.2, -0.15) is 0 Å². The number of anilines is 1. The second kappa shape index (κ2) is 7.44. The van der Waals surface area contributed by atoms with E-state index in [0.717, 1.165) is 22.6 Å². The highest BCUT2D eigenvalue weighted by atomic mass is 16.2. The summed E-state index contributed by atoms with van der Waals surface area (Å²) < 4.78 is 0. The highest BCUT2D eigenvalue weighted by Gasteiger charge is 2.59. The minimum atomic E-state index is -0.378. The highest BCUT2D eigenvalue weighted by molar-refractivity contribution is 6.08. The number of nitrogens with one attached hydrogen (secondary N) is 1. The third-order valence-electron chi connectivity index (χ3n) is 6.37. The van der Waals surface area contributed by atoms with Crippen molar-refractivity contribution in [2.75, 3.05) is 11.6 Å². The number of benzene rings is 2. The summed E-state index contributed by atoms with van der Waals surface area (Å²) in [5.74, 6) is -1.06. The summed E-state index contributed by atoms with van der Waals surface area (Å²) in [5.41, 5.74) is 4.75. The fourth-order valence-electron chi connectivity index (χ4n) is 5.02. The van der Waals surface area contributed by atoms with Gasteiger partial charge in [0.2, 0.25) is 11.8 Å². The molecule has 0 radical (unpaired) electrons. The number of fused-ring (bicyclic) bond motifs is 5. The maximum atomic E-state index is 12.8. The molecule has 2 bridgehead atoms. The molecule has 5 rings (SSSR count). The van der Waals surface area contributed by atoms with Gasteiger partial charge in [-0.1, -0.05) is 60.7 Å². The van der Waals surface area contributed by atoms with Crippen molar-refractivity contribution in [1.29, 1.82) is 0 Å². The van der Waals surface area contributed by atoms with Crippen LogP contribution in [0.1, 0.15) is 12.0 Å². The Morgan fingerprint density at radius 3 is 2.07 bits per heavy atom.